The number of rotatable bonds is 2. The van der Waals surface area contributed by atoms with Crippen molar-refractivity contribution in [1.29, 1.82) is 0 Å². The van der Waals surface area contributed by atoms with Crippen molar-refractivity contribution in [2.45, 2.75) is 18.9 Å². The molecule has 31 heavy (non-hydrogen) atoms. The monoisotopic (exact) mass is 421 g/mol. The molecule has 2 aromatic carbocycles. The van der Waals surface area contributed by atoms with Gasteiger partial charge in [0, 0.05) is 18.0 Å². The van der Waals surface area contributed by atoms with Gasteiger partial charge in [0.05, 0.1) is 16.3 Å². The highest BCUT2D eigenvalue weighted by Crippen LogP contribution is 2.41. The lowest BCUT2D eigenvalue weighted by atomic mass is 9.83. The predicted molar refractivity (Wildman–Crippen MR) is 123 cm³/mol. The Labute approximate surface area is 183 Å². The number of benzene rings is 2. The molecule has 5 heteroatoms. The van der Waals surface area contributed by atoms with Crippen LogP contribution in [0.4, 0.5) is 0 Å². The van der Waals surface area contributed by atoms with Gasteiger partial charge >= 0.3 is 0 Å². The SMILES string of the molecule is O=c1/c(=C/c2ccncc2)sc2n1[C@@H](c1ccccc1)C1=C(N=2)c2ccccc2CC1. The van der Waals surface area contributed by atoms with Gasteiger partial charge in [-0.15, -0.1) is 0 Å². The van der Waals surface area contributed by atoms with E-state index < -0.39 is 0 Å². The molecule has 0 saturated heterocycles. The van der Waals surface area contributed by atoms with Gasteiger partial charge in [0.15, 0.2) is 4.80 Å². The molecule has 0 saturated carbocycles. The highest BCUT2D eigenvalue weighted by atomic mass is 32.1. The van der Waals surface area contributed by atoms with Crippen LogP contribution in [0.25, 0.3) is 11.8 Å². The first-order valence-corrected chi connectivity index (χ1v) is 11.2. The van der Waals surface area contributed by atoms with Gasteiger partial charge in [-0.05, 0) is 53.3 Å². The van der Waals surface area contributed by atoms with Crippen LogP contribution in [-0.2, 0) is 6.42 Å². The molecule has 0 spiro atoms. The fourth-order valence-electron chi connectivity index (χ4n) is 4.57. The third-order valence-corrected chi connectivity index (χ3v) is 6.98. The average molecular weight is 422 g/mol. The fraction of sp³-hybridized carbons (Fsp3) is 0.115. The lowest BCUT2D eigenvalue weighted by molar-refractivity contribution is 0.585. The quantitative estimate of drug-likeness (QED) is 0.495. The molecular formula is C26H19N3OS. The van der Waals surface area contributed by atoms with Gasteiger partial charge < -0.3 is 0 Å². The highest BCUT2D eigenvalue weighted by molar-refractivity contribution is 7.07. The van der Waals surface area contributed by atoms with E-state index in [0.29, 0.717) is 4.53 Å². The van der Waals surface area contributed by atoms with Crippen molar-refractivity contribution in [3.63, 3.8) is 0 Å². The Hall–Kier alpha value is -3.57. The van der Waals surface area contributed by atoms with Gasteiger partial charge in [-0.25, -0.2) is 4.99 Å². The van der Waals surface area contributed by atoms with Gasteiger partial charge in [0.2, 0.25) is 0 Å². The second kappa shape index (κ2) is 7.29. The summed E-state index contributed by atoms with van der Waals surface area (Å²) < 4.78 is 2.58. The van der Waals surface area contributed by atoms with E-state index in [1.54, 1.807) is 12.4 Å². The van der Waals surface area contributed by atoms with Crippen molar-refractivity contribution in [1.82, 2.24) is 9.55 Å². The zero-order valence-corrected chi connectivity index (χ0v) is 17.5. The summed E-state index contributed by atoms with van der Waals surface area (Å²) in [5, 5.41) is 0. The molecule has 2 aromatic heterocycles. The lowest BCUT2D eigenvalue weighted by Gasteiger charge is -2.30. The van der Waals surface area contributed by atoms with Crippen molar-refractivity contribution in [2.24, 2.45) is 4.99 Å². The summed E-state index contributed by atoms with van der Waals surface area (Å²) in [6, 6.07) is 22.5. The van der Waals surface area contributed by atoms with Crippen molar-refractivity contribution in [2.75, 3.05) is 0 Å². The van der Waals surface area contributed by atoms with E-state index in [-0.39, 0.29) is 11.6 Å². The molecule has 0 fully saturated rings. The number of fused-ring (bicyclic) bond motifs is 3. The number of aromatic nitrogens is 2. The average Bonchev–Trinajstić information content (AvgIpc) is 3.13. The molecule has 0 N–H and O–H groups in total. The number of aryl methyl sites for hydroxylation is 1. The maximum atomic E-state index is 13.6. The topological polar surface area (TPSA) is 47.2 Å². The number of pyridine rings is 1. The van der Waals surface area contributed by atoms with Gasteiger partial charge in [-0.3, -0.25) is 14.3 Å². The Morgan fingerprint density at radius 2 is 1.71 bits per heavy atom. The Kier molecular flexibility index (Phi) is 4.28. The Morgan fingerprint density at radius 1 is 0.935 bits per heavy atom. The smallest absolute Gasteiger partial charge is 0.271 e. The van der Waals surface area contributed by atoms with Gasteiger partial charge in [-0.2, -0.15) is 0 Å². The van der Waals surface area contributed by atoms with Crippen LogP contribution in [0, 0.1) is 0 Å². The molecule has 150 valence electrons. The normalized spacial score (nSPS) is 17.5. The Morgan fingerprint density at radius 3 is 2.55 bits per heavy atom. The summed E-state index contributed by atoms with van der Waals surface area (Å²) in [7, 11) is 0. The largest absolute Gasteiger partial charge is 0.272 e. The fourth-order valence-corrected chi connectivity index (χ4v) is 5.57. The molecule has 0 bridgehead atoms. The van der Waals surface area contributed by atoms with Crippen LogP contribution in [0.1, 0.15) is 34.7 Å². The molecule has 4 aromatic rings. The minimum absolute atomic E-state index is 0.0137. The molecule has 2 aliphatic rings. The van der Waals surface area contributed by atoms with E-state index in [1.165, 1.54) is 28.0 Å². The van der Waals surface area contributed by atoms with E-state index in [4.69, 9.17) is 4.99 Å². The highest BCUT2D eigenvalue weighted by Gasteiger charge is 2.32. The van der Waals surface area contributed by atoms with E-state index in [9.17, 15) is 4.79 Å². The summed E-state index contributed by atoms with van der Waals surface area (Å²) >= 11 is 1.46. The number of hydrogen-bond acceptors (Lipinski definition) is 4. The molecule has 1 atom stereocenters. The van der Waals surface area contributed by atoms with Crippen LogP contribution in [-0.4, -0.2) is 9.55 Å². The van der Waals surface area contributed by atoms with Crippen LogP contribution in [0.2, 0.25) is 0 Å². The minimum Gasteiger partial charge on any atom is -0.272 e. The molecule has 3 heterocycles. The minimum atomic E-state index is -0.125. The molecular weight excluding hydrogens is 402 g/mol. The summed E-state index contributed by atoms with van der Waals surface area (Å²) in [5.74, 6) is 0. The number of nitrogens with zero attached hydrogens (tertiary/aromatic N) is 3. The second-order valence-corrected chi connectivity index (χ2v) is 8.81. The lowest BCUT2D eigenvalue weighted by Crippen LogP contribution is -2.38. The molecule has 6 rings (SSSR count). The number of thiazole rings is 1. The molecule has 1 aliphatic carbocycles. The Balaban J connectivity index is 1.65. The number of allylic oxidation sites excluding steroid dienone is 1. The van der Waals surface area contributed by atoms with E-state index >= 15 is 0 Å². The summed E-state index contributed by atoms with van der Waals surface area (Å²) in [6.45, 7) is 0. The van der Waals surface area contributed by atoms with Crippen molar-refractivity contribution < 1.29 is 0 Å². The summed E-state index contributed by atoms with van der Waals surface area (Å²) in [5.41, 5.74) is 6.88. The Bertz CT molecular complexity index is 1500. The number of hydrogen-bond donors (Lipinski definition) is 0. The predicted octanol–water partition coefficient (Wildman–Crippen LogP) is 3.71. The molecule has 0 radical (unpaired) electrons. The van der Waals surface area contributed by atoms with Crippen LogP contribution in [0.3, 0.4) is 0 Å². The van der Waals surface area contributed by atoms with Crippen LogP contribution < -0.4 is 14.9 Å². The molecule has 4 nitrogen and oxygen atoms in total. The molecule has 0 unspecified atom stereocenters. The van der Waals surface area contributed by atoms with Crippen LogP contribution >= 0.6 is 11.3 Å². The van der Waals surface area contributed by atoms with Crippen molar-refractivity contribution in [3.05, 3.63) is 127 Å². The van der Waals surface area contributed by atoms with Crippen molar-refractivity contribution >= 4 is 23.1 Å². The molecule has 0 amide bonds. The van der Waals surface area contributed by atoms with E-state index in [2.05, 4.69) is 41.4 Å². The maximum absolute atomic E-state index is 13.6. The summed E-state index contributed by atoms with van der Waals surface area (Å²) in [4.78, 5) is 23.4. The third-order valence-electron chi connectivity index (χ3n) is 5.99. The second-order valence-electron chi connectivity index (χ2n) is 7.80. The van der Waals surface area contributed by atoms with E-state index in [1.807, 2.05) is 41.0 Å². The van der Waals surface area contributed by atoms with Gasteiger partial charge in [0.1, 0.15) is 0 Å². The van der Waals surface area contributed by atoms with Crippen molar-refractivity contribution in [3.8, 4) is 0 Å². The van der Waals surface area contributed by atoms with Crippen LogP contribution in [0.15, 0.2) is 94.5 Å². The first kappa shape index (κ1) is 18.2. The third kappa shape index (κ3) is 3.01. The summed E-state index contributed by atoms with van der Waals surface area (Å²) in [6.07, 6.45) is 7.29. The van der Waals surface area contributed by atoms with Gasteiger partial charge in [-0.1, -0.05) is 65.9 Å². The maximum Gasteiger partial charge on any atom is 0.271 e. The van der Waals surface area contributed by atoms with Gasteiger partial charge in [0.25, 0.3) is 5.56 Å². The first-order valence-electron chi connectivity index (χ1n) is 10.4. The van der Waals surface area contributed by atoms with Crippen LogP contribution in [0.5, 0.6) is 0 Å². The zero-order valence-electron chi connectivity index (χ0n) is 16.7. The van der Waals surface area contributed by atoms with E-state index in [0.717, 1.165) is 34.5 Å². The first-order chi connectivity index (χ1) is 15.3. The molecule has 1 aliphatic heterocycles. The zero-order chi connectivity index (χ0) is 20.8. The standard InChI is InChI=1S/C26H19N3OS/c30-25-22(16-17-12-14-27-15-13-17)31-26-28-23-20-9-5-4-6-18(20)10-11-21(23)24(29(25)26)19-7-2-1-3-8-19/h1-9,12-16,24H,10-11H2/b22-16-/t24-/m0/s1.